The smallest absolute Gasteiger partial charge is 0.133 e. The maximum Gasteiger partial charge on any atom is 0.133 e. The first-order valence-corrected chi connectivity index (χ1v) is 5.59. The molecule has 0 unspecified atom stereocenters. The van der Waals surface area contributed by atoms with Crippen molar-refractivity contribution in [2.75, 3.05) is 18.4 Å². The van der Waals surface area contributed by atoms with Gasteiger partial charge in [-0.25, -0.2) is 4.98 Å². The topological polar surface area (TPSA) is 50.9 Å². The van der Waals surface area contributed by atoms with E-state index >= 15 is 0 Å². The third-order valence-corrected chi connectivity index (χ3v) is 2.66. The Labute approximate surface area is 96.8 Å². The highest BCUT2D eigenvalue weighted by Gasteiger charge is 2.01. The van der Waals surface area contributed by atoms with Crippen molar-refractivity contribution < 1.29 is 0 Å². The first kappa shape index (κ1) is 10.4. The van der Waals surface area contributed by atoms with Crippen molar-refractivity contribution in [3.05, 3.63) is 34.9 Å². The fourth-order valence-electron chi connectivity index (χ4n) is 1.47. The van der Waals surface area contributed by atoms with E-state index in [1.165, 1.54) is 5.39 Å². The van der Waals surface area contributed by atoms with E-state index in [9.17, 15) is 0 Å². The summed E-state index contributed by atoms with van der Waals surface area (Å²) in [6, 6.07) is 8.14. The summed E-state index contributed by atoms with van der Waals surface area (Å²) in [7, 11) is 0. The van der Waals surface area contributed by atoms with Crippen LogP contribution in [0.15, 0.2) is 34.9 Å². The molecule has 0 bridgehead atoms. The normalized spacial score (nSPS) is 10.5. The number of rotatable bonds is 3. The maximum atomic E-state index is 5.45. The molecule has 2 aromatic rings. The van der Waals surface area contributed by atoms with Crippen molar-refractivity contribution in [3.8, 4) is 0 Å². The average Bonchev–Trinajstić information content (AvgIpc) is 2.26. The van der Waals surface area contributed by atoms with Crippen LogP contribution in [0.3, 0.4) is 0 Å². The van der Waals surface area contributed by atoms with Gasteiger partial charge in [-0.2, -0.15) is 0 Å². The minimum absolute atomic E-state index is 0.603. The quantitative estimate of drug-likeness (QED) is 0.896. The van der Waals surface area contributed by atoms with Crippen LogP contribution in [0.5, 0.6) is 0 Å². The summed E-state index contributed by atoms with van der Waals surface area (Å²) in [5.74, 6) is 0.888. The lowest BCUT2D eigenvalue weighted by atomic mass is 10.1. The predicted molar refractivity (Wildman–Crippen MR) is 67.0 cm³/mol. The average molecular weight is 266 g/mol. The van der Waals surface area contributed by atoms with Crippen LogP contribution in [0.25, 0.3) is 10.8 Å². The SMILES string of the molecule is NCCNc1nccc2ccc(Br)cc12. The zero-order chi connectivity index (χ0) is 10.7. The van der Waals surface area contributed by atoms with E-state index in [2.05, 4.69) is 38.4 Å². The molecule has 3 nitrogen and oxygen atoms in total. The predicted octanol–water partition coefficient (Wildman–Crippen LogP) is 2.37. The number of fused-ring (bicyclic) bond motifs is 1. The summed E-state index contributed by atoms with van der Waals surface area (Å²) < 4.78 is 1.05. The second kappa shape index (κ2) is 4.59. The number of nitrogens with zero attached hydrogens (tertiary/aromatic N) is 1. The number of anilines is 1. The van der Waals surface area contributed by atoms with Crippen molar-refractivity contribution in [1.82, 2.24) is 4.98 Å². The summed E-state index contributed by atoms with van der Waals surface area (Å²) in [6.45, 7) is 1.34. The van der Waals surface area contributed by atoms with Gasteiger partial charge >= 0.3 is 0 Å². The highest BCUT2D eigenvalue weighted by atomic mass is 79.9. The number of benzene rings is 1. The Morgan fingerprint density at radius 1 is 1.33 bits per heavy atom. The van der Waals surface area contributed by atoms with Gasteiger partial charge in [0.25, 0.3) is 0 Å². The van der Waals surface area contributed by atoms with Gasteiger partial charge in [-0.15, -0.1) is 0 Å². The summed E-state index contributed by atoms with van der Waals surface area (Å²) in [5.41, 5.74) is 5.45. The van der Waals surface area contributed by atoms with Crippen LogP contribution < -0.4 is 11.1 Å². The molecule has 0 amide bonds. The maximum absolute atomic E-state index is 5.45. The van der Waals surface area contributed by atoms with Crippen LogP contribution >= 0.6 is 15.9 Å². The summed E-state index contributed by atoms with van der Waals surface area (Å²) in [5, 5.41) is 5.49. The number of aromatic nitrogens is 1. The number of hydrogen-bond acceptors (Lipinski definition) is 3. The monoisotopic (exact) mass is 265 g/mol. The number of pyridine rings is 1. The van der Waals surface area contributed by atoms with Crippen molar-refractivity contribution >= 4 is 32.5 Å². The number of halogens is 1. The summed E-state index contributed by atoms with van der Waals surface area (Å²) in [4.78, 5) is 4.30. The molecule has 15 heavy (non-hydrogen) atoms. The molecule has 0 aliphatic rings. The molecule has 0 radical (unpaired) electrons. The van der Waals surface area contributed by atoms with Gasteiger partial charge in [0.2, 0.25) is 0 Å². The van der Waals surface area contributed by atoms with Gasteiger partial charge in [-0.1, -0.05) is 22.0 Å². The molecule has 0 saturated carbocycles. The Morgan fingerprint density at radius 2 is 2.20 bits per heavy atom. The van der Waals surface area contributed by atoms with Crippen LogP contribution in [-0.4, -0.2) is 18.1 Å². The standard InChI is InChI=1S/C11H12BrN3/c12-9-2-1-8-3-5-14-11(10(8)7-9)15-6-4-13/h1-3,5,7H,4,6,13H2,(H,14,15). The molecule has 0 atom stereocenters. The summed E-state index contributed by atoms with van der Waals surface area (Å²) in [6.07, 6.45) is 1.80. The molecule has 0 saturated heterocycles. The van der Waals surface area contributed by atoms with Gasteiger partial charge in [-0.05, 0) is 23.6 Å². The van der Waals surface area contributed by atoms with E-state index in [4.69, 9.17) is 5.73 Å². The second-order valence-corrected chi connectivity index (χ2v) is 4.16. The largest absolute Gasteiger partial charge is 0.368 e. The Morgan fingerprint density at radius 3 is 3.00 bits per heavy atom. The van der Waals surface area contributed by atoms with Gasteiger partial charge in [0, 0.05) is 29.1 Å². The molecule has 1 heterocycles. The highest BCUT2D eigenvalue weighted by Crippen LogP contribution is 2.24. The minimum Gasteiger partial charge on any atom is -0.368 e. The Balaban J connectivity index is 2.48. The second-order valence-electron chi connectivity index (χ2n) is 3.24. The highest BCUT2D eigenvalue weighted by molar-refractivity contribution is 9.10. The van der Waals surface area contributed by atoms with Crippen molar-refractivity contribution in [2.24, 2.45) is 5.73 Å². The molecule has 78 valence electrons. The number of nitrogens with one attached hydrogen (secondary N) is 1. The van der Waals surface area contributed by atoms with Gasteiger partial charge in [0.05, 0.1) is 0 Å². The number of hydrogen-bond donors (Lipinski definition) is 2. The molecule has 0 spiro atoms. The molecule has 0 aliphatic heterocycles. The van der Waals surface area contributed by atoms with Gasteiger partial charge < -0.3 is 11.1 Å². The van der Waals surface area contributed by atoms with E-state index in [1.807, 2.05) is 12.1 Å². The molecule has 0 aliphatic carbocycles. The van der Waals surface area contributed by atoms with Crippen molar-refractivity contribution in [2.45, 2.75) is 0 Å². The molecule has 4 heteroatoms. The van der Waals surface area contributed by atoms with Crippen LogP contribution in [0, 0.1) is 0 Å². The van der Waals surface area contributed by atoms with Crippen molar-refractivity contribution in [3.63, 3.8) is 0 Å². The van der Waals surface area contributed by atoms with Crippen LogP contribution in [0.4, 0.5) is 5.82 Å². The molecule has 1 aromatic heterocycles. The van der Waals surface area contributed by atoms with E-state index in [0.29, 0.717) is 6.54 Å². The molecule has 3 N–H and O–H groups in total. The van der Waals surface area contributed by atoms with E-state index < -0.39 is 0 Å². The Bertz CT molecular complexity index is 470. The Kier molecular flexibility index (Phi) is 3.18. The van der Waals surface area contributed by atoms with Gasteiger partial charge in [-0.3, -0.25) is 0 Å². The lowest BCUT2D eigenvalue weighted by Gasteiger charge is -2.07. The first-order valence-electron chi connectivity index (χ1n) is 4.79. The minimum atomic E-state index is 0.603. The lowest BCUT2D eigenvalue weighted by Crippen LogP contribution is -2.13. The zero-order valence-corrected chi connectivity index (χ0v) is 9.79. The fraction of sp³-hybridized carbons (Fsp3) is 0.182. The fourth-order valence-corrected chi connectivity index (χ4v) is 1.83. The molecular weight excluding hydrogens is 254 g/mol. The molecule has 2 rings (SSSR count). The summed E-state index contributed by atoms with van der Waals surface area (Å²) >= 11 is 3.45. The van der Waals surface area contributed by atoms with Gasteiger partial charge in [0.1, 0.15) is 5.82 Å². The lowest BCUT2D eigenvalue weighted by molar-refractivity contribution is 1.01. The van der Waals surface area contributed by atoms with E-state index in [1.54, 1.807) is 6.20 Å². The number of nitrogens with two attached hydrogens (primary N) is 1. The van der Waals surface area contributed by atoms with Crippen molar-refractivity contribution in [1.29, 1.82) is 0 Å². The first-order chi connectivity index (χ1) is 7.31. The van der Waals surface area contributed by atoms with E-state index in [0.717, 1.165) is 22.2 Å². The Hall–Kier alpha value is -1.13. The van der Waals surface area contributed by atoms with Crippen LogP contribution in [0.2, 0.25) is 0 Å². The third kappa shape index (κ3) is 2.27. The van der Waals surface area contributed by atoms with Crippen LogP contribution in [-0.2, 0) is 0 Å². The van der Waals surface area contributed by atoms with Gasteiger partial charge in [0.15, 0.2) is 0 Å². The molecular formula is C11H12BrN3. The zero-order valence-electron chi connectivity index (χ0n) is 8.20. The third-order valence-electron chi connectivity index (χ3n) is 2.16. The van der Waals surface area contributed by atoms with E-state index in [-0.39, 0.29) is 0 Å². The van der Waals surface area contributed by atoms with Crippen LogP contribution in [0.1, 0.15) is 0 Å². The molecule has 1 aromatic carbocycles. The molecule has 0 fully saturated rings.